The van der Waals surface area contributed by atoms with Crippen LogP contribution in [0.3, 0.4) is 0 Å². The number of methoxy groups -OCH3 is 1. The summed E-state index contributed by atoms with van der Waals surface area (Å²) >= 11 is 0. The molecule has 0 atom stereocenters. The lowest BCUT2D eigenvalue weighted by molar-refractivity contribution is 0.0942. The summed E-state index contributed by atoms with van der Waals surface area (Å²) < 4.78 is 7.26. The zero-order valence-corrected chi connectivity index (χ0v) is 13.8. The molecule has 0 unspecified atom stereocenters. The number of aromatic nitrogens is 3. The van der Waals surface area contributed by atoms with Gasteiger partial charge in [-0.1, -0.05) is 6.07 Å². The highest BCUT2D eigenvalue weighted by molar-refractivity contribution is 6.00. The van der Waals surface area contributed by atoms with Crippen LogP contribution in [0.5, 0.6) is 5.75 Å². The molecule has 1 aliphatic rings. The van der Waals surface area contributed by atoms with E-state index in [1.807, 2.05) is 41.9 Å². The first-order valence-corrected chi connectivity index (χ1v) is 8.12. The van der Waals surface area contributed by atoms with Crippen molar-refractivity contribution in [3.63, 3.8) is 0 Å². The van der Waals surface area contributed by atoms with Gasteiger partial charge in [0.25, 0.3) is 5.91 Å². The van der Waals surface area contributed by atoms with E-state index in [4.69, 9.17) is 4.74 Å². The number of benzene rings is 1. The fourth-order valence-corrected chi connectivity index (χ4v) is 3.05. The van der Waals surface area contributed by atoms with Gasteiger partial charge in [-0.3, -0.25) is 9.89 Å². The molecule has 1 aromatic carbocycles. The van der Waals surface area contributed by atoms with Crippen molar-refractivity contribution in [2.45, 2.75) is 25.3 Å². The van der Waals surface area contributed by atoms with Gasteiger partial charge in [0.15, 0.2) is 0 Å². The molecular formula is C18H20N4O2. The number of ether oxygens (including phenoxy) is 1. The second-order valence-corrected chi connectivity index (χ2v) is 6.26. The third-order valence-corrected chi connectivity index (χ3v) is 4.59. The molecule has 24 heavy (non-hydrogen) atoms. The number of nitrogens with zero attached hydrogens (tertiary/aromatic N) is 2. The minimum Gasteiger partial charge on any atom is -0.496 e. The Morgan fingerprint density at radius 2 is 2.25 bits per heavy atom. The number of rotatable bonds is 5. The molecule has 1 fully saturated rings. The average Bonchev–Trinajstić information content (AvgIpc) is 3.25. The second-order valence-electron chi connectivity index (χ2n) is 6.26. The molecule has 2 aromatic heterocycles. The van der Waals surface area contributed by atoms with Crippen molar-refractivity contribution in [2.24, 2.45) is 7.05 Å². The van der Waals surface area contributed by atoms with Gasteiger partial charge in [-0.15, -0.1) is 0 Å². The Hall–Kier alpha value is -2.76. The van der Waals surface area contributed by atoms with Crippen LogP contribution in [0.2, 0.25) is 0 Å². The normalized spacial score (nSPS) is 14.1. The maximum Gasteiger partial charge on any atom is 0.268 e. The van der Waals surface area contributed by atoms with E-state index in [0.29, 0.717) is 18.2 Å². The summed E-state index contributed by atoms with van der Waals surface area (Å²) in [6.45, 7) is 0.442. The SMILES string of the molecule is COc1cccc2c1cc(C(=O)NCc1cc(C3CC3)n[nH]1)n2C. The van der Waals surface area contributed by atoms with Gasteiger partial charge in [0, 0.05) is 18.4 Å². The summed E-state index contributed by atoms with van der Waals surface area (Å²) in [4.78, 5) is 12.6. The van der Waals surface area contributed by atoms with Crippen molar-refractivity contribution >= 4 is 16.8 Å². The lowest BCUT2D eigenvalue weighted by Gasteiger charge is -2.05. The van der Waals surface area contributed by atoms with Gasteiger partial charge in [0.2, 0.25) is 0 Å². The Labute approximate surface area is 139 Å². The number of amides is 1. The number of carbonyl (C=O) groups excluding carboxylic acids is 1. The summed E-state index contributed by atoms with van der Waals surface area (Å²) in [7, 11) is 3.52. The van der Waals surface area contributed by atoms with E-state index in [1.54, 1.807) is 7.11 Å². The summed E-state index contributed by atoms with van der Waals surface area (Å²) in [6, 6.07) is 9.71. The molecule has 2 heterocycles. The van der Waals surface area contributed by atoms with Gasteiger partial charge in [-0.2, -0.15) is 5.10 Å². The molecule has 1 saturated carbocycles. The van der Waals surface area contributed by atoms with Crippen LogP contribution in [0.25, 0.3) is 10.9 Å². The van der Waals surface area contributed by atoms with Gasteiger partial charge >= 0.3 is 0 Å². The molecule has 0 radical (unpaired) electrons. The molecular weight excluding hydrogens is 304 g/mol. The third kappa shape index (κ3) is 2.54. The van der Waals surface area contributed by atoms with Gasteiger partial charge < -0.3 is 14.6 Å². The van der Waals surface area contributed by atoms with Crippen molar-refractivity contribution in [1.29, 1.82) is 0 Å². The van der Waals surface area contributed by atoms with E-state index in [2.05, 4.69) is 15.5 Å². The Morgan fingerprint density at radius 1 is 1.42 bits per heavy atom. The van der Waals surface area contributed by atoms with Crippen molar-refractivity contribution in [1.82, 2.24) is 20.1 Å². The largest absolute Gasteiger partial charge is 0.496 e. The van der Waals surface area contributed by atoms with Gasteiger partial charge in [-0.25, -0.2) is 0 Å². The lowest BCUT2D eigenvalue weighted by atomic mass is 10.2. The first kappa shape index (κ1) is 14.8. The minimum atomic E-state index is -0.113. The van der Waals surface area contributed by atoms with Gasteiger partial charge in [-0.05, 0) is 37.1 Å². The lowest BCUT2D eigenvalue weighted by Crippen LogP contribution is -2.25. The van der Waals surface area contributed by atoms with Crippen molar-refractivity contribution < 1.29 is 9.53 Å². The standard InChI is InChI=1S/C18H20N4O2/c1-22-15-4-3-5-17(24-2)13(15)9-16(22)18(23)19-10-12-8-14(21-20-12)11-6-7-11/h3-5,8-9,11H,6-7,10H2,1-2H3,(H,19,23)(H,20,21). The van der Waals surface area contributed by atoms with Crippen molar-refractivity contribution in [2.75, 3.05) is 7.11 Å². The highest BCUT2D eigenvalue weighted by atomic mass is 16.5. The Kier molecular flexibility index (Phi) is 3.52. The molecule has 0 bridgehead atoms. The van der Waals surface area contributed by atoms with Crippen LogP contribution < -0.4 is 10.1 Å². The first-order chi connectivity index (χ1) is 11.7. The molecule has 0 aliphatic heterocycles. The maximum absolute atomic E-state index is 12.6. The quantitative estimate of drug-likeness (QED) is 0.758. The monoisotopic (exact) mass is 324 g/mol. The number of aromatic amines is 1. The zero-order valence-electron chi connectivity index (χ0n) is 13.8. The van der Waals surface area contributed by atoms with Crippen LogP contribution in [0.1, 0.15) is 40.6 Å². The topological polar surface area (TPSA) is 71.9 Å². The smallest absolute Gasteiger partial charge is 0.268 e. The van der Waals surface area contributed by atoms with Crippen LogP contribution in [0, 0.1) is 0 Å². The Bertz CT molecular complexity index is 905. The number of H-pyrrole nitrogens is 1. The summed E-state index contributed by atoms with van der Waals surface area (Å²) in [6.07, 6.45) is 2.43. The average molecular weight is 324 g/mol. The molecule has 1 amide bonds. The molecule has 0 spiro atoms. The van der Waals surface area contributed by atoms with Crippen LogP contribution in [0.4, 0.5) is 0 Å². The van der Waals surface area contributed by atoms with Crippen molar-refractivity contribution in [3.8, 4) is 5.75 Å². The summed E-state index contributed by atoms with van der Waals surface area (Å²) in [5.74, 6) is 1.26. The predicted molar refractivity (Wildman–Crippen MR) is 91.2 cm³/mol. The zero-order chi connectivity index (χ0) is 16.7. The number of hydrogen-bond donors (Lipinski definition) is 2. The van der Waals surface area contributed by atoms with E-state index < -0.39 is 0 Å². The highest BCUT2D eigenvalue weighted by Crippen LogP contribution is 2.39. The fraction of sp³-hybridized carbons (Fsp3) is 0.333. The Balaban J connectivity index is 1.53. The van der Waals surface area contributed by atoms with Gasteiger partial charge in [0.05, 0.1) is 30.6 Å². The van der Waals surface area contributed by atoms with E-state index in [9.17, 15) is 4.79 Å². The predicted octanol–water partition coefficient (Wildman–Crippen LogP) is 2.72. The fourth-order valence-electron chi connectivity index (χ4n) is 3.05. The van der Waals surface area contributed by atoms with Crippen LogP contribution in [0.15, 0.2) is 30.3 Å². The minimum absolute atomic E-state index is 0.113. The summed E-state index contributed by atoms with van der Waals surface area (Å²) in [5.41, 5.74) is 3.61. The molecule has 6 heteroatoms. The van der Waals surface area contributed by atoms with Crippen LogP contribution in [-0.2, 0) is 13.6 Å². The highest BCUT2D eigenvalue weighted by Gasteiger charge is 2.26. The number of nitrogens with one attached hydrogen (secondary N) is 2. The third-order valence-electron chi connectivity index (χ3n) is 4.59. The van der Waals surface area contributed by atoms with E-state index in [0.717, 1.165) is 28.0 Å². The number of hydrogen-bond acceptors (Lipinski definition) is 3. The van der Waals surface area contributed by atoms with Crippen molar-refractivity contribution in [3.05, 3.63) is 47.4 Å². The number of fused-ring (bicyclic) bond motifs is 1. The number of aryl methyl sites for hydroxylation is 1. The second kappa shape index (κ2) is 5.70. The molecule has 2 N–H and O–H groups in total. The maximum atomic E-state index is 12.6. The molecule has 3 aromatic rings. The number of carbonyl (C=O) groups is 1. The molecule has 124 valence electrons. The summed E-state index contributed by atoms with van der Waals surface area (Å²) in [5, 5.41) is 11.2. The van der Waals surface area contributed by atoms with Gasteiger partial charge in [0.1, 0.15) is 11.4 Å². The van der Waals surface area contributed by atoms with E-state index in [1.165, 1.54) is 12.8 Å². The van der Waals surface area contributed by atoms with E-state index >= 15 is 0 Å². The van der Waals surface area contributed by atoms with Crippen LogP contribution in [-0.4, -0.2) is 27.8 Å². The molecule has 0 saturated heterocycles. The Morgan fingerprint density at radius 3 is 3.00 bits per heavy atom. The van der Waals surface area contributed by atoms with E-state index in [-0.39, 0.29) is 5.91 Å². The molecule has 6 nitrogen and oxygen atoms in total. The van der Waals surface area contributed by atoms with Crippen LogP contribution >= 0.6 is 0 Å². The molecule has 4 rings (SSSR count). The molecule has 1 aliphatic carbocycles. The first-order valence-electron chi connectivity index (χ1n) is 8.12.